The maximum Gasteiger partial charge on any atom is 0.401 e. The first-order chi connectivity index (χ1) is 8.85. The second kappa shape index (κ2) is 5.97. The van der Waals surface area contributed by atoms with Gasteiger partial charge in [-0.1, -0.05) is 6.92 Å². The first-order valence-electron chi connectivity index (χ1n) is 7.06. The highest BCUT2D eigenvalue weighted by Gasteiger charge is 2.36. The van der Waals surface area contributed by atoms with Crippen LogP contribution in [-0.2, 0) is 0 Å². The van der Waals surface area contributed by atoms with Crippen molar-refractivity contribution in [1.29, 1.82) is 0 Å². The topological polar surface area (TPSA) is 26.7 Å². The van der Waals surface area contributed by atoms with Gasteiger partial charge < -0.3 is 5.11 Å². The molecular formula is C13H23F3N2O. The van der Waals surface area contributed by atoms with Crippen LogP contribution in [0.2, 0.25) is 0 Å². The Labute approximate surface area is 112 Å². The second-order valence-electron chi connectivity index (χ2n) is 5.98. The van der Waals surface area contributed by atoms with Crippen molar-refractivity contribution >= 4 is 0 Å². The molecule has 19 heavy (non-hydrogen) atoms. The number of hydrogen-bond donors (Lipinski definition) is 1. The molecule has 0 amide bonds. The largest absolute Gasteiger partial charge is 0.401 e. The van der Waals surface area contributed by atoms with E-state index in [0.717, 1.165) is 19.3 Å². The van der Waals surface area contributed by atoms with Crippen LogP contribution in [0.15, 0.2) is 0 Å². The molecule has 1 aliphatic heterocycles. The zero-order valence-corrected chi connectivity index (χ0v) is 11.4. The Morgan fingerprint density at radius 3 is 2.32 bits per heavy atom. The van der Waals surface area contributed by atoms with Gasteiger partial charge in [0.05, 0.1) is 12.6 Å². The van der Waals surface area contributed by atoms with Gasteiger partial charge in [-0.15, -0.1) is 0 Å². The molecule has 6 heteroatoms. The summed E-state index contributed by atoms with van der Waals surface area (Å²) in [5.74, 6) is 0.599. The summed E-state index contributed by atoms with van der Waals surface area (Å²) in [5, 5.41) is 10.1. The third-order valence-corrected chi connectivity index (χ3v) is 4.32. The molecule has 2 fully saturated rings. The van der Waals surface area contributed by atoms with Crippen LogP contribution in [0.1, 0.15) is 26.2 Å². The Bertz CT molecular complexity index is 290. The van der Waals surface area contributed by atoms with Crippen LogP contribution in [-0.4, -0.2) is 66.0 Å². The molecule has 3 atom stereocenters. The highest BCUT2D eigenvalue weighted by molar-refractivity contribution is 4.88. The number of rotatable bonds is 2. The Balaban J connectivity index is 1.82. The Morgan fingerprint density at radius 1 is 1.11 bits per heavy atom. The van der Waals surface area contributed by atoms with Crippen LogP contribution in [0.5, 0.6) is 0 Å². The van der Waals surface area contributed by atoms with Crippen LogP contribution < -0.4 is 0 Å². The fourth-order valence-electron chi connectivity index (χ4n) is 3.23. The maximum absolute atomic E-state index is 12.3. The van der Waals surface area contributed by atoms with Gasteiger partial charge in [-0.3, -0.25) is 9.80 Å². The smallest absolute Gasteiger partial charge is 0.391 e. The molecule has 0 aromatic carbocycles. The van der Waals surface area contributed by atoms with Crippen LogP contribution in [0.3, 0.4) is 0 Å². The van der Waals surface area contributed by atoms with Crippen molar-refractivity contribution in [3.05, 3.63) is 0 Å². The van der Waals surface area contributed by atoms with E-state index in [1.165, 1.54) is 4.90 Å². The average Bonchev–Trinajstić information content (AvgIpc) is 2.31. The SMILES string of the molecule is CC1CCC(O)C(N2CCN(CC(F)(F)F)CC2)C1. The maximum atomic E-state index is 12.3. The standard InChI is InChI=1S/C13H23F3N2O/c1-10-2-3-12(19)11(8-10)18-6-4-17(5-7-18)9-13(14,15)16/h10-12,19H,2-9H2,1H3. The number of hydrogen-bond acceptors (Lipinski definition) is 3. The summed E-state index contributed by atoms with van der Waals surface area (Å²) in [7, 11) is 0. The Hall–Kier alpha value is -0.330. The minimum Gasteiger partial charge on any atom is -0.391 e. The lowest BCUT2D eigenvalue weighted by Crippen LogP contribution is -2.56. The van der Waals surface area contributed by atoms with Crippen LogP contribution in [0.25, 0.3) is 0 Å². The molecule has 1 saturated carbocycles. The number of aliphatic hydroxyl groups is 1. The van der Waals surface area contributed by atoms with Gasteiger partial charge in [0, 0.05) is 32.2 Å². The molecule has 1 aliphatic carbocycles. The first kappa shape index (κ1) is 15.1. The summed E-state index contributed by atoms with van der Waals surface area (Å²) in [4.78, 5) is 3.63. The summed E-state index contributed by atoms with van der Waals surface area (Å²) < 4.78 is 36.9. The lowest BCUT2D eigenvalue weighted by Gasteiger charge is -2.44. The summed E-state index contributed by atoms with van der Waals surface area (Å²) in [6, 6.07) is 0.136. The fourth-order valence-corrected chi connectivity index (χ4v) is 3.23. The molecule has 2 aliphatic rings. The van der Waals surface area contributed by atoms with Crippen molar-refractivity contribution < 1.29 is 18.3 Å². The zero-order valence-electron chi connectivity index (χ0n) is 11.4. The molecule has 112 valence electrons. The van der Waals surface area contributed by atoms with Gasteiger partial charge in [-0.05, 0) is 25.2 Å². The Kier molecular flexibility index (Phi) is 4.74. The minimum atomic E-state index is -4.11. The highest BCUT2D eigenvalue weighted by Crippen LogP contribution is 2.28. The summed E-state index contributed by atoms with van der Waals surface area (Å²) in [6.07, 6.45) is -1.60. The van der Waals surface area contributed by atoms with E-state index in [-0.39, 0.29) is 12.1 Å². The van der Waals surface area contributed by atoms with E-state index in [4.69, 9.17) is 0 Å². The van der Waals surface area contributed by atoms with Crippen molar-refractivity contribution in [2.75, 3.05) is 32.7 Å². The number of piperazine rings is 1. The number of nitrogens with zero attached hydrogens (tertiary/aromatic N) is 2. The molecule has 0 aromatic rings. The molecular weight excluding hydrogens is 257 g/mol. The second-order valence-corrected chi connectivity index (χ2v) is 5.98. The molecule has 0 bridgehead atoms. The molecule has 1 N–H and O–H groups in total. The van der Waals surface area contributed by atoms with Crippen molar-refractivity contribution in [3.63, 3.8) is 0 Å². The number of alkyl halides is 3. The first-order valence-corrected chi connectivity index (χ1v) is 7.06. The predicted octanol–water partition coefficient (Wildman–Crippen LogP) is 1.72. The monoisotopic (exact) mass is 280 g/mol. The molecule has 2 rings (SSSR count). The van der Waals surface area contributed by atoms with E-state index >= 15 is 0 Å². The van der Waals surface area contributed by atoms with E-state index in [1.807, 2.05) is 0 Å². The van der Waals surface area contributed by atoms with E-state index in [1.54, 1.807) is 0 Å². The number of halogens is 3. The predicted molar refractivity (Wildman–Crippen MR) is 66.9 cm³/mol. The third-order valence-electron chi connectivity index (χ3n) is 4.32. The molecule has 0 aromatic heterocycles. The molecule has 0 radical (unpaired) electrons. The van der Waals surface area contributed by atoms with Gasteiger partial charge >= 0.3 is 6.18 Å². The molecule has 3 nitrogen and oxygen atoms in total. The summed E-state index contributed by atoms with van der Waals surface area (Å²) in [5.41, 5.74) is 0. The fraction of sp³-hybridized carbons (Fsp3) is 1.00. The zero-order chi connectivity index (χ0) is 14.0. The van der Waals surface area contributed by atoms with Gasteiger partial charge in [-0.25, -0.2) is 0 Å². The Morgan fingerprint density at radius 2 is 1.74 bits per heavy atom. The quantitative estimate of drug-likeness (QED) is 0.834. The number of aliphatic hydroxyl groups excluding tert-OH is 1. The van der Waals surface area contributed by atoms with E-state index in [2.05, 4.69) is 11.8 Å². The third kappa shape index (κ3) is 4.33. The lowest BCUT2D eigenvalue weighted by atomic mass is 9.84. The van der Waals surface area contributed by atoms with E-state index in [0.29, 0.717) is 32.1 Å². The van der Waals surface area contributed by atoms with E-state index in [9.17, 15) is 18.3 Å². The molecule has 3 unspecified atom stereocenters. The van der Waals surface area contributed by atoms with Crippen LogP contribution >= 0.6 is 0 Å². The van der Waals surface area contributed by atoms with Gasteiger partial charge in [-0.2, -0.15) is 13.2 Å². The van der Waals surface area contributed by atoms with Crippen molar-refractivity contribution in [3.8, 4) is 0 Å². The minimum absolute atomic E-state index is 0.136. The summed E-state index contributed by atoms with van der Waals surface area (Å²) >= 11 is 0. The highest BCUT2D eigenvalue weighted by atomic mass is 19.4. The van der Waals surface area contributed by atoms with Gasteiger partial charge in [0.25, 0.3) is 0 Å². The van der Waals surface area contributed by atoms with Crippen LogP contribution in [0.4, 0.5) is 13.2 Å². The molecule has 1 heterocycles. The van der Waals surface area contributed by atoms with Gasteiger partial charge in [0.15, 0.2) is 0 Å². The van der Waals surface area contributed by atoms with E-state index < -0.39 is 12.7 Å². The molecule has 1 saturated heterocycles. The molecule has 0 spiro atoms. The van der Waals surface area contributed by atoms with Crippen molar-refractivity contribution in [1.82, 2.24) is 9.80 Å². The van der Waals surface area contributed by atoms with Gasteiger partial charge in [0.2, 0.25) is 0 Å². The average molecular weight is 280 g/mol. The van der Waals surface area contributed by atoms with Crippen LogP contribution in [0, 0.1) is 5.92 Å². The van der Waals surface area contributed by atoms with Gasteiger partial charge in [0.1, 0.15) is 0 Å². The lowest BCUT2D eigenvalue weighted by molar-refractivity contribution is -0.151. The normalized spacial score (nSPS) is 35.5. The summed E-state index contributed by atoms with van der Waals surface area (Å²) in [6.45, 7) is 3.51. The van der Waals surface area contributed by atoms with Crippen molar-refractivity contribution in [2.45, 2.75) is 44.5 Å². The van der Waals surface area contributed by atoms with Crippen molar-refractivity contribution in [2.24, 2.45) is 5.92 Å².